The summed E-state index contributed by atoms with van der Waals surface area (Å²) in [7, 11) is 0. The molecule has 1 unspecified atom stereocenters. The van der Waals surface area contributed by atoms with E-state index in [1.54, 1.807) is 0 Å². The molecule has 98 valence electrons. The Morgan fingerprint density at radius 1 is 1.28 bits per heavy atom. The van der Waals surface area contributed by atoms with Gasteiger partial charge in [-0.25, -0.2) is 9.97 Å². The average Bonchev–Trinajstić information content (AvgIpc) is 2.79. The molecular formula is C15H23N3. The van der Waals surface area contributed by atoms with Crippen molar-refractivity contribution in [3.8, 4) is 0 Å². The van der Waals surface area contributed by atoms with Crippen LogP contribution >= 0.6 is 0 Å². The van der Waals surface area contributed by atoms with Crippen molar-refractivity contribution >= 4 is 0 Å². The maximum Gasteiger partial charge on any atom is 0.131 e. The molecule has 1 heterocycles. The van der Waals surface area contributed by atoms with Crippen molar-refractivity contribution in [2.24, 2.45) is 11.1 Å². The molecule has 18 heavy (non-hydrogen) atoms. The molecule has 1 aromatic heterocycles. The number of aromatic nitrogens is 2. The predicted octanol–water partition coefficient (Wildman–Crippen LogP) is 3.11. The molecule has 0 bridgehead atoms. The lowest BCUT2D eigenvalue weighted by molar-refractivity contribution is 0.277. The van der Waals surface area contributed by atoms with E-state index < -0.39 is 0 Å². The first-order valence-electron chi connectivity index (χ1n) is 7.16. The highest BCUT2D eigenvalue weighted by molar-refractivity contribution is 5.27. The standard InChI is InChI=1S/C15H23N3/c1-15(2)7-12(16)11-9-17-14(18-13(11)8-15)10-5-3-4-6-10/h9-10,12H,3-8,16H2,1-2H3. The monoisotopic (exact) mass is 245 g/mol. The largest absolute Gasteiger partial charge is 0.324 e. The summed E-state index contributed by atoms with van der Waals surface area (Å²) >= 11 is 0. The van der Waals surface area contributed by atoms with Crippen LogP contribution in [0.15, 0.2) is 6.20 Å². The van der Waals surface area contributed by atoms with Gasteiger partial charge in [0.25, 0.3) is 0 Å². The van der Waals surface area contributed by atoms with Crippen LogP contribution in [0, 0.1) is 5.41 Å². The third-order valence-corrected chi connectivity index (χ3v) is 4.46. The van der Waals surface area contributed by atoms with Gasteiger partial charge < -0.3 is 5.73 Å². The molecule has 1 fully saturated rings. The smallest absolute Gasteiger partial charge is 0.131 e. The molecule has 0 aromatic carbocycles. The highest BCUT2D eigenvalue weighted by atomic mass is 14.9. The van der Waals surface area contributed by atoms with Crippen LogP contribution in [0.5, 0.6) is 0 Å². The summed E-state index contributed by atoms with van der Waals surface area (Å²) in [4.78, 5) is 9.43. The van der Waals surface area contributed by atoms with E-state index in [-0.39, 0.29) is 11.5 Å². The number of nitrogens with zero attached hydrogens (tertiary/aromatic N) is 2. The summed E-state index contributed by atoms with van der Waals surface area (Å²) in [6.45, 7) is 4.57. The second-order valence-electron chi connectivity index (χ2n) is 6.76. The zero-order chi connectivity index (χ0) is 12.8. The van der Waals surface area contributed by atoms with Crippen LogP contribution in [0.1, 0.15) is 75.0 Å². The van der Waals surface area contributed by atoms with Crippen LogP contribution in [0.4, 0.5) is 0 Å². The van der Waals surface area contributed by atoms with E-state index in [0.717, 1.165) is 18.7 Å². The van der Waals surface area contributed by atoms with Crippen LogP contribution in [-0.4, -0.2) is 9.97 Å². The zero-order valence-corrected chi connectivity index (χ0v) is 11.4. The highest BCUT2D eigenvalue weighted by Gasteiger charge is 2.32. The number of hydrogen-bond acceptors (Lipinski definition) is 3. The van der Waals surface area contributed by atoms with E-state index in [0.29, 0.717) is 5.92 Å². The van der Waals surface area contributed by atoms with Crippen molar-refractivity contribution in [3.05, 3.63) is 23.3 Å². The minimum absolute atomic E-state index is 0.112. The second-order valence-corrected chi connectivity index (χ2v) is 6.76. The third-order valence-electron chi connectivity index (χ3n) is 4.46. The third kappa shape index (κ3) is 2.16. The topological polar surface area (TPSA) is 51.8 Å². The first-order valence-corrected chi connectivity index (χ1v) is 7.16. The van der Waals surface area contributed by atoms with Gasteiger partial charge in [-0.15, -0.1) is 0 Å². The number of nitrogens with two attached hydrogens (primary N) is 1. The van der Waals surface area contributed by atoms with E-state index in [2.05, 4.69) is 18.8 Å². The lowest BCUT2D eigenvalue weighted by Crippen LogP contribution is -2.31. The van der Waals surface area contributed by atoms with E-state index >= 15 is 0 Å². The molecule has 0 saturated heterocycles. The molecule has 3 rings (SSSR count). The molecule has 0 radical (unpaired) electrons. The number of hydrogen-bond donors (Lipinski definition) is 1. The van der Waals surface area contributed by atoms with Crippen molar-refractivity contribution < 1.29 is 0 Å². The Morgan fingerprint density at radius 2 is 2.00 bits per heavy atom. The van der Waals surface area contributed by atoms with E-state index in [1.165, 1.54) is 36.9 Å². The summed E-state index contributed by atoms with van der Waals surface area (Å²) in [5, 5.41) is 0. The highest BCUT2D eigenvalue weighted by Crippen LogP contribution is 2.39. The molecule has 2 aliphatic carbocycles. The molecular weight excluding hydrogens is 222 g/mol. The summed E-state index contributed by atoms with van der Waals surface area (Å²) in [6.07, 6.45) is 9.25. The second kappa shape index (κ2) is 4.30. The van der Waals surface area contributed by atoms with Gasteiger partial charge in [0.15, 0.2) is 0 Å². The summed E-state index contributed by atoms with van der Waals surface area (Å²) in [5.74, 6) is 1.66. The lowest BCUT2D eigenvalue weighted by Gasteiger charge is -2.34. The zero-order valence-electron chi connectivity index (χ0n) is 11.4. The molecule has 3 heteroatoms. The minimum Gasteiger partial charge on any atom is -0.324 e. The summed E-state index contributed by atoms with van der Waals surface area (Å²) in [5.41, 5.74) is 8.90. The van der Waals surface area contributed by atoms with Crippen molar-refractivity contribution in [2.45, 2.75) is 64.3 Å². The van der Waals surface area contributed by atoms with E-state index in [9.17, 15) is 0 Å². The van der Waals surface area contributed by atoms with E-state index in [4.69, 9.17) is 10.7 Å². The molecule has 0 amide bonds. The maximum absolute atomic E-state index is 6.25. The Morgan fingerprint density at radius 3 is 2.72 bits per heavy atom. The Balaban J connectivity index is 1.94. The first-order chi connectivity index (χ1) is 8.55. The van der Waals surface area contributed by atoms with E-state index in [1.807, 2.05) is 6.20 Å². The normalized spacial score (nSPS) is 27.2. The van der Waals surface area contributed by atoms with Crippen molar-refractivity contribution in [1.82, 2.24) is 9.97 Å². The summed E-state index contributed by atoms with van der Waals surface area (Å²) < 4.78 is 0. The molecule has 1 aromatic rings. The van der Waals surface area contributed by atoms with Gasteiger partial charge in [0.05, 0.1) is 0 Å². The fourth-order valence-electron chi connectivity index (χ4n) is 3.50. The van der Waals surface area contributed by atoms with Gasteiger partial charge in [0, 0.05) is 29.4 Å². The minimum atomic E-state index is 0.112. The molecule has 1 saturated carbocycles. The van der Waals surface area contributed by atoms with Crippen LogP contribution in [0.3, 0.4) is 0 Å². The number of fused-ring (bicyclic) bond motifs is 1. The van der Waals surface area contributed by atoms with Crippen LogP contribution < -0.4 is 5.73 Å². The molecule has 2 aliphatic rings. The van der Waals surface area contributed by atoms with Crippen molar-refractivity contribution in [1.29, 1.82) is 0 Å². The maximum atomic E-state index is 6.25. The van der Waals surface area contributed by atoms with Gasteiger partial charge in [0.1, 0.15) is 5.82 Å². The van der Waals surface area contributed by atoms with Gasteiger partial charge in [-0.1, -0.05) is 26.7 Å². The quantitative estimate of drug-likeness (QED) is 0.827. The SMILES string of the molecule is CC1(C)Cc2nc(C3CCCC3)ncc2C(N)C1. The Hall–Kier alpha value is -0.960. The molecule has 1 atom stereocenters. The number of rotatable bonds is 1. The van der Waals surface area contributed by atoms with Crippen molar-refractivity contribution in [2.75, 3.05) is 0 Å². The molecule has 2 N–H and O–H groups in total. The van der Waals surface area contributed by atoms with Gasteiger partial charge in [0.2, 0.25) is 0 Å². The predicted molar refractivity (Wildman–Crippen MR) is 72.3 cm³/mol. The van der Waals surface area contributed by atoms with Crippen molar-refractivity contribution in [3.63, 3.8) is 0 Å². The van der Waals surface area contributed by atoms with Gasteiger partial charge in [-0.2, -0.15) is 0 Å². The van der Waals surface area contributed by atoms with Crippen LogP contribution in [0.2, 0.25) is 0 Å². The van der Waals surface area contributed by atoms with Crippen LogP contribution in [-0.2, 0) is 6.42 Å². The average molecular weight is 245 g/mol. The lowest BCUT2D eigenvalue weighted by atomic mass is 9.74. The van der Waals surface area contributed by atoms with Gasteiger partial charge in [-0.3, -0.25) is 0 Å². The fourth-order valence-corrected chi connectivity index (χ4v) is 3.50. The molecule has 0 aliphatic heterocycles. The van der Waals surface area contributed by atoms with Gasteiger partial charge in [-0.05, 0) is 31.1 Å². The fraction of sp³-hybridized carbons (Fsp3) is 0.733. The first kappa shape index (κ1) is 12.1. The Labute approximate surface area is 109 Å². The summed E-state index contributed by atoms with van der Waals surface area (Å²) in [6, 6.07) is 0.112. The van der Waals surface area contributed by atoms with Crippen LogP contribution in [0.25, 0.3) is 0 Å². The van der Waals surface area contributed by atoms with Gasteiger partial charge >= 0.3 is 0 Å². The molecule has 3 nitrogen and oxygen atoms in total. The Kier molecular flexibility index (Phi) is 2.89. The molecule has 0 spiro atoms. The Bertz CT molecular complexity index is 447.